The number of anilines is 3. The van der Waals surface area contributed by atoms with Crippen LogP contribution in [0.1, 0.15) is 125 Å². The first-order valence-electron chi connectivity index (χ1n) is 23.6. The molecule has 0 N–H and O–H groups in total. The number of nitrogens with zero attached hydrogens (tertiary/aromatic N) is 1. The number of benzene rings is 8. The SMILES string of the molecule is CC1(C)c2ccccc2-c2cc(N(c3ccc4c(c3)-c3ccccc3C4(C)C)c3cc(C4CCCCCC4)c4ccccc4c3-c3ccc4c(c3)C(C)(C)c3ccccc3-4)ccc21. The van der Waals surface area contributed by atoms with E-state index in [1.165, 1.54) is 150 Å². The highest BCUT2D eigenvalue weighted by molar-refractivity contribution is 6.08. The van der Waals surface area contributed by atoms with Crippen LogP contribution in [-0.2, 0) is 16.2 Å². The second-order valence-corrected chi connectivity index (χ2v) is 20.7. The van der Waals surface area contributed by atoms with Crippen molar-refractivity contribution < 1.29 is 0 Å². The summed E-state index contributed by atoms with van der Waals surface area (Å²) in [5, 5.41) is 2.74. The van der Waals surface area contributed by atoms with Crippen molar-refractivity contribution in [1.29, 1.82) is 0 Å². The van der Waals surface area contributed by atoms with Crippen LogP contribution in [0.3, 0.4) is 0 Å². The molecule has 8 aromatic rings. The molecular formula is C62H57N. The summed E-state index contributed by atoms with van der Waals surface area (Å²) in [5.41, 5.74) is 24.0. The van der Waals surface area contributed by atoms with Crippen molar-refractivity contribution >= 4 is 27.8 Å². The van der Waals surface area contributed by atoms with Gasteiger partial charge in [-0.1, -0.05) is 189 Å². The molecule has 310 valence electrons. The Labute approximate surface area is 374 Å². The molecule has 0 unspecified atom stereocenters. The number of rotatable bonds is 5. The highest BCUT2D eigenvalue weighted by atomic mass is 15.1. The molecule has 0 heterocycles. The molecule has 1 saturated carbocycles. The fraction of sp³-hybridized carbons (Fsp3) is 0.258. The largest absolute Gasteiger partial charge is 0.310 e. The van der Waals surface area contributed by atoms with Crippen molar-refractivity contribution in [2.75, 3.05) is 4.90 Å². The Morgan fingerprint density at radius 2 is 0.825 bits per heavy atom. The third-order valence-electron chi connectivity index (χ3n) is 16.1. The van der Waals surface area contributed by atoms with Crippen LogP contribution in [-0.4, -0.2) is 0 Å². The summed E-state index contributed by atoms with van der Waals surface area (Å²) in [6, 6.07) is 61.4. The van der Waals surface area contributed by atoms with Crippen LogP contribution in [0.25, 0.3) is 55.3 Å². The van der Waals surface area contributed by atoms with Crippen molar-refractivity contribution in [3.63, 3.8) is 0 Å². The predicted molar refractivity (Wildman–Crippen MR) is 267 cm³/mol. The summed E-state index contributed by atoms with van der Waals surface area (Å²) in [4.78, 5) is 2.65. The normalized spacial score (nSPS) is 17.3. The Balaban J connectivity index is 1.17. The van der Waals surface area contributed by atoms with E-state index in [0.29, 0.717) is 5.92 Å². The summed E-state index contributed by atoms with van der Waals surface area (Å²) in [5.74, 6) is 0.515. The first-order valence-corrected chi connectivity index (χ1v) is 23.6. The van der Waals surface area contributed by atoms with Crippen molar-refractivity contribution in [1.82, 2.24) is 0 Å². The highest BCUT2D eigenvalue weighted by Crippen LogP contribution is 2.56. The Bertz CT molecular complexity index is 3060. The maximum Gasteiger partial charge on any atom is 0.0549 e. The van der Waals surface area contributed by atoms with Gasteiger partial charge in [-0.25, -0.2) is 0 Å². The fourth-order valence-electron chi connectivity index (χ4n) is 12.8. The summed E-state index contributed by atoms with van der Waals surface area (Å²) >= 11 is 0. The lowest BCUT2D eigenvalue weighted by molar-refractivity contribution is 0.596. The molecule has 4 aliphatic rings. The molecule has 4 aliphatic carbocycles. The van der Waals surface area contributed by atoms with E-state index in [9.17, 15) is 0 Å². The average Bonchev–Trinajstić information content (AvgIpc) is 3.61. The van der Waals surface area contributed by atoms with Crippen molar-refractivity contribution in [3.8, 4) is 44.5 Å². The molecule has 12 rings (SSSR count). The van der Waals surface area contributed by atoms with Gasteiger partial charge < -0.3 is 4.90 Å². The Morgan fingerprint density at radius 1 is 0.381 bits per heavy atom. The van der Waals surface area contributed by atoms with Gasteiger partial charge in [0.05, 0.1) is 5.69 Å². The van der Waals surface area contributed by atoms with Crippen LogP contribution in [0, 0.1) is 0 Å². The first-order chi connectivity index (χ1) is 30.5. The molecule has 8 aromatic carbocycles. The molecule has 0 atom stereocenters. The maximum atomic E-state index is 2.65. The van der Waals surface area contributed by atoms with Crippen molar-refractivity contribution in [3.05, 3.63) is 197 Å². The Kier molecular flexibility index (Phi) is 8.50. The first kappa shape index (κ1) is 38.5. The average molecular weight is 816 g/mol. The molecule has 0 amide bonds. The smallest absolute Gasteiger partial charge is 0.0549 e. The molecular weight excluding hydrogens is 759 g/mol. The molecule has 0 spiro atoms. The van der Waals surface area contributed by atoms with Gasteiger partial charge in [-0.15, -0.1) is 0 Å². The van der Waals surface area contributed by atoms with E-state index in [0.717, 1.165) is 0 Å². The third kappa shape index (κ3) is 5.61. The molecule has 0 bridgehead atoms. The van der Waals surface area contributed by atoms with Gasteiger partial charge in [-0.2, -0.15) is 0 Å². The molecule has 0 aliphatic heterocycles. The molecule has 1 nitrogen and oxygen atoms in total. The molecule has 63 heavy (non-hydrogen) atoms. The van der Waals surface area contributed by atoms with Gasteiger partial charge in [-0.3, -0.25) is 0 Å². The Hall–Kier alpha value is -6.18. The van der Waals surface area contributed by atoms with Crippen LogP contribution in [0.5, 0.6) is 0 Å². The minimum Gasteiger partial charge on any atom is -0.310 e. The molecule has 0 radical (unpaired) electrons. The van der Waals surface area contributed by atoms with Crippen LogP contribution < -0.4 is 4.90 Å². The van der Waals surface area contributed by atoms with Crippen molar-refractivity contribution in [2.24, 2.45) is 0 Å². The molecule has 1 heteroatoms. The van der Waals surface area contributed by atoms with Gasteiger partial charge in [0, 0.05) is 33.2 Å². The van der Waals surface area contributed by atoms with Crippen LogP contribution >= 0.6 is 0 Å². The summed E-state index contributed by atoms with van der Waals surface area (Å²) in [7, 11) is 0. The predicted octanol–water partition coefficient (Wildman–Crippen LogP) is 17.3. The van der Waals surface area contributed by atoms with Gasteiger partial charge in [0.15, 0.2) is 0 Å². The van der Waals surface area contributed by atoms with Gasteiger partial charge in [0.1, 0.15) is 0 Å². The van der Waals surface area contributed by atoms with Crippen LogP contribution in [0.4, 0.5) is 17.1 Å². The minimum atomic E-state index is -0.113. The van der Waals surface area contributed by atoms with Crippen LogP contribution in [0.15, 0.2) is 158 Å². The second kappa shape index (κ2) is 13.9. The summed E-state index contributed by atoms with van der Waals surface area (Å²) in [6.45, 7) is 14.4. The maximum absolute atomic E-state index is 2.65. The van der Waals surface area contributed by atoms with E-state index in [1.807, 2.05) is 0 Å². The van der Waals surface area contributed by atoms with Gasteiger partial charge in [0.25, 0.3) is 0 Å². The summed E-state index contributed by atoms with van der Waals surface area (Å²) < 4.78 is 0. The quantitative estimate of drug-likeness (QED) is 0.156. The number of hydrogen-bond donors (Lipinski definition) is 0. The second-order valence-electron chi connectivity index (χ2n) is 20.7. The van der Waals surface area contributed by atoms with E-state index in [2.05, 4.69) is 204 Å². The zero-order chi connectivity index (χ0) is 42.8. The van der Waals surface area contributed by atoms with Crippen molar-refractivity contribution in [2.45, 2.75) is 102 Å². The fourth-order valence-corrected chi connectivity index (χ4v) is 12.8. The highest BCUT2D eigenvalue weighted by Gasteiger charge is 2.39. The van der Waals surface area contributed by atoms with E-state index in [1.54, 1.807) is 0 Å². The van der Waals surface area contributed by atoms with Crippen LogP contribution in [0.2, 0.25) is 0 Å². The van der Waals surface area contributed by atoms with Gasteiger partial charge in [-0.05, 0) is 144 Å². The minimum absolute atomic E-state index is 0.0757. The van der Waals surface area contributed by atoms with E-state index in [-0.39, 0.29) is 16.2 Å². The van der Waals surface area contributed by atoms with Gasteiger partial charge >= 0.3 is 0 Å². The lowest BCUT2D eigenvalue weighted by atomic mass is 9.80. The molecule has 1 fully saturated rings. The zero-order valence-corrected chi connectivity index (χ0v) is 37.8. The van der Waals surface area contributed by atoms with E-state index in [4.69, 9.17) is 0 Å². The van der Waals surface area contributed by atoms with E-state index < -0.39 is 0 Å². The third-order valence-corrected chi connectivity index (χ3v) is 16.1. The molecule has 0 aromatic heterocycles. The lowest BCUT2D eigenvalue weighted by Gasteiger charge is -2.32. The van der Waals surface area contributed by atoms with E-state index >= 15 is 0 Å². The van der Waals surface area contributed by atoms with Gasteiger partial charge in [0.2, 0.25) is 0 Å². The number of hydrogen-bond acceptors (Lipinski definition) is 1. The topological polar surface area (TPSA) is 3.24 Å². The Morgan fingerprint density at radius 3 is 1.38 bits per heavy atom. The standard InChI is InChI=1S/C62H57N/c1-60(2)53-27-17-14-23-45(53)50-36-41(30-33-55(50)60)63(42-31-34-56-51(37-42)46-24-15-18-28-54(46)61(56,3)4)58-38-49(39-19-9-7-8-10-20-39)43-21-11-12-25-48(43)59(58)40-29-32-47-44-22-13-16-26-52(44)62(5,6)57(47)35-40/h11-18,21-39H,7-10,19-20H2,1-6H3. The number of fused-ring (bicyclic) bond motifs is 10. The monoisotopic (exact) mass is 815 g/mol. The lowest BCUT2D eigenvalue weighted by Crippen LogP contribution is -2.17. The zero-order valence-electron chi connectivity index (χ0n) is 37.8. The summed E-state index contributed by atoms with van der Waals surface area (Å²) in [6.07, 6.45) is 7.73. The molecule has 0 saturated heterocycles.